The standard InChI is InChI=1S/C11H13N3O3/c1-6-3-8(4-7(2)9(6)15)5-13-14-11(17)10(12)16/h3-5,15H,1-2H3,(H2,12,16)(H,14,17)/b13-5+. The summed E-state index contributed by atoms with van der Waals surface area (Å²) in [6.45, 7) is 3.50. The molecule has 0 atom stereocenters. The zero-order chi connectivity index (χ0) is 13.0. The highest BCUT2D eigenvalue weighted by atomic mass is 16.3. The number of nitrogens with two attached hydrogens (primary N) is 1. The van der Waals surface area contributed by atoms with Gasteiger partial charge in [0.25, 0.3) is 0 Å². The van der Waals surface area contributed by atoms with E-state index < -0.39 is 11.8 Å². The first-order chi connectivity index (χ1) is 7.91. The van der Waals surface area contributed by atoms with Gasteiger partial charge in [-0.05, 0) is 42.7 Å². The van der Waals surface area contributed by atoms with Gasteiger partial charge in [0, 0.05) is 0 Å². The number of aryl methyl sites for hydroxylation is 2. The molecule has 90 valence electrons. The summed E-state index contributed by atoms with van der Waals surface area (Å²) in [4.78, 5) is 21.2. The van der Waals surface area contributed by atoms with Gasteiger partial charge in [-0.15, -0.1) is 0 Å². The quantitative estimate of drug-likeness (QED) is 0.380. The Labute approximate surface area is 98.1 Å². The molecule has 1 aromatic carbocycles. The number of rotatable bonds is 2. The molecule has 0 aliphatic rings. The molecule has 0 saturated heterocycles. The van der Waals surface area contributed by atoms with Crippen LogP contribution in [0.5, 0.6) is 5.75 Å². The second-order valence-corrected chi connectivity index (χ2v) is 3.57. The van der Waals surface area contributed by atoms with Crippen molar-refractivity contribution in [3.05, 3.63) is 28.8 Å². The monoisotopic (exact) mass is 235 g/mol. The molecule has 1 aromatic rings. The molecule has 0 radical (unpaired) electrons. The summed E-state index contributed by atoms with van der Waals surface area (Å²) >= 11 is 0. The van der Waals surface area contributed by atoms with Crippen LogP contribution in [0.15, 0.2) is 17.2 Å². The highest BCUT2D eigenvalue weighted by Crippen LogP contribution is 2.21. The van der Waals surface area contributed by atoms with Crippen LogP contribution >= 0.6 is 0 Å². The minimum absolute atomic E-state index is 0.225. The number of aromatic hydroxyl groups is 1. The van der Waals surface area contributed by atoms with E-state index in [0.29, 0.717) is 16.7 Å². The molecule has 2 amide bonds. The Morgan fingerprint density at radius 2 is 1.88 bits per heavy atom. The van der Waals surface area contributed by atoms with Gasteiger partial charge >= 0.3 is 11.8 Å². The average molecular weight is 235 g/mol. The molecule has 4 N–H and O–H groups in total. The van der Waals surface area contributed by atoms with E-state index in [9.17, 15) is 14.7 Å². The van der Waals surface area contributed by atoms with E-state index in [2.05, 4.69) is 5.10 Å². The minimum Gasteiger partial charge on any atom is -0.507 e. The summed E-state index contributed by atoms with van der Waals surface area (Å²) in [5.41, 5.74) is 8.80. The van der Waals surface area contributed by atoms with Gasteiger partial charge in [0.1, 0.15) is 5.75 Å². The number of nitrogens with one attached hydrogen (secondary N) is 1. The van der Waals surface area contributed by atoms with Crippen LogP contribution in [0.2, 0.25) is 0 Å². The van der Waals surface area contributed by atoms with Gasteiger partial charge in [-0.3, -0.25) is 9.59 Å². The van der Waals surface area contributed by atoms with Crippen LogP contribution in [0.25, 0.3) is 0 Å². The fourth-order valence-corrected chi connectivity index (χ4v) is 1.28. The number of primary amides is 1. The van der Waals surface area contributed by atoms with Gasteiger partial charge in [0.2, 0.25) is 0 Å². The summed E-state index contributed by atoms with van der Waals surface area (Å²) in [6, 6.07) is 3.39. The van der Waals surface area contributed by atoms with Crippen molar-refractivity contribution in [2.45, 2.75) is 13.8 Å². The normalized spacial score (nSPS) is 10.5. The highest BCUT2D eigenvalue weighted by molar-refractivity contribution is 6.34. The Bertz CT molecular complexity index is 472. The molecular weight excluding hydrogens is 222 g/mol. The topological polar surface area (TPSA) is 105 Å². The average Bonchev–Trinajstić information content (AvgIpc) is 2.25. The molecule has 0 bridgehead atoms. The van der Waals surface area contributed by atoms with Crippen LogP contribution in [0.3, 0.4) is 0 Å². The molecular formula is C11H13N3O3. The van der Waals surface area contributed by atoms with Crippen molar-refractivity contribution in [3.8, 4) is 5.75 Å². The van der Waals surface area contributed by atoms with E-state index in [1.165, 1.54) is 6.21 Å². The summed E-state index contributed by atoms with van der Waals surface area (Å²) in [7, 11) is 0. The number of carbonyl (C=O) groups excluding carboxylic acids is 2. The first-order valence-electron chi connectivity index (χ1n) is 4.85. The smallest absolute Gasteiger partial charge is 0.329 e. The molecule has 0 aliphatic carbocycles. The van der Waals surface area contributed by atoms with E-state index in [1.54, 1.807) is 26.0 Å². The second kappa shape index (κ2) is 5.11. The van der Waals surface area contributed by atoms with E-state index in [4.69, 9.17) is 5.73 Å². The Morgan fingerprint density at radius 3 is 2.35 bits per heavy atom. The molecule has 0 aromatic heterocycles. The summed E-state index contributed by atoms with van der Waals surface area (Å²) in [5.74, 6) is -1.85. The van der Waals surface area contributed by atoms with Crippen LogP contribution in [-0.4, -0.2) is 23.1 Å². The van der Waals surface area contributed by atoms with Crippen LogP contribution in [0, 0.1) is 13.8 Å². The third-order valence-electron chi connectivity index (χ3n) is 2.12. The van der Waals surface area contributed by atoms with Crippen molar-refractivity contribution >= 4 is 18.0 Å². The highest BCUT2D eigenvalue weighted by Gasteiger charge is 2.05. The van der Waals surface area contributed by atoms with Crippen molar-refractivity contribution in [1.29, 1.82) is 0 Å². The Hall–Kier alpha value is -2.37. The van der Waals surface area contributed by atoms with Crippen LogP contribution in [-0.2, 0) is 9.59 Å². The molecule has 0 fully saturated rings. The minimum atomic E-state index is -1.10. The van der Waals surface area contributed by atoms with Gasteiger partial charge in [0.05, 0.1) is 6.21 Å². The van der Waals surface area contributed by atoms with E-state index in [-0.39, 0.29) is 5.75 Å². The Morgan fingerprint density at radius 1 is 1.35 bits per heavy atom. The second-order valence-electron chi connectivity index (χ2n) is 3.57. The van der Waals surface area contributed by atoms with Crippen LogP contribution < -0.4 is 11.2 Å². The molecule has 6 nitrogen and oxygen atoms in total. The molecule has 6 heteroatoms. The summed E-state index contributed by atoms with van der Waals surface area (Å²) in [5, 5.41) is 13.1. The number of phenolic OH excluding ortho intramolecular Hbond substituents is 1. The van der Waals surface area contributed by atoms with E-state index in [1.807, 2.05) is 5.43 Å². The lowest BCUT2D eigenvalue weighted by atomic mass is 10.1. The van der Waals surface area contributed by atoms with Gasteiger partial charge in [-0.1, -0.05) is 0 Å². The SMILES string of the molecule is Cc1cc(/C=N/NC(=O)C(N)=O)cc(C)c1O. The number of carbonyl (C=O) groups is 2. The third kappa shape index (κ3) is 3.30. The maximum absolute atomic E-state index is 10.8. The summed E-state index contributed by atoms with van der Waals surface area (Å²) < 4.78 is 0. The zero-order valence-electron chi connectivity index (χ0n) is 9.52. The Balaban J connectivity index is 2.79. The number of phenols is 1. The first-order valence-corrected chi connectivity index (χ1v) is 4.85. The molecule has 0 unspecified atom stereocenters. The summed E-state index contributed by atoms with van der Waals surface area (Å²) in [6.07, 6.45) is 1.36. The largest absolute Gasteiger partial charge is 0.507 e. The number of hydrazone groups is 1. The lowest BCUT2D eigenvalue weighted by Gasteiger charge is -2.04. The van der Waals surface area contributed by atoms with Gasteiger partial charge in [-0.2, -0.15) is 5.10 Å². The first kappa shape index (κ1) is 12.7. The van der Waals surface area contributed by atoms with Crippen molar-refractivity contribution < 1.29 is 14.7 Å². The lowest BCUT2D eigenvalue weighted by molar-refractivity contribution is -0.137. The van der Waals surface area contributed by atoms with Crippen LogP contribution in [0.1, 0.15) is 16.7 Å². The molecule has 1 rings (SSSR count). The maximum Gasteiger partial charge on any atom is 0.329 e. The third-order valence-corrected chi connectivity index (χ3v) is 2.12. The van der Waals surface area contributed by atoms with E-state index >= 15 is 0 Å². The fourth-order valence-electron chi connectivity index (χ4n) is 1.28. The number of nitrogens with zero attached hydrogens (tertiary/aromatic N) is 1. The molecule has 17 heavy (non-hydrogen) atoms. The van der Waals surface area contributed by atoms with E-state index in [0.717, 1.165) is 0 Å². The number of hydrogen-bond acceptors (Lipinski definition) is 4. The molecule has 0 heterocycles. The van der Waals surface area contributed by atoms with Crippen molar-refractivity contribution in [3.63, 3.8) is 0 Å². The van der Waals surface area contributed by atoms with Crippen molar-refractivity contribution in [2.75, 3.05) is 0 Å². The van der Waals surface area contributed by atoms with Gasteiger partial charge in [-0.25, -0.2) is 5.43 Å². The van der Waals surface area contributed by atoms with Crippen LogP contribution in [0.4, 0.5) is 0 Å². The van der Waals surface area contributed by atoms with Crippen molar-refractivity contribution in [2.24, 2.45) is 10.8 Å². The Kier molecular flexibility index (Phi) is 3.82. The van der Waals surface area contributed by atoms with Gasteiger partial charge < -0.3 is 10.8 Å². The fraction of sp³-hybridized carbons (Fsp3) is 0.182. The lowest BCUT2D eigenvalue weighted by Crippen LogP contribution is -2.32. The molecule has 0 spiro atoms. The molecule has 0 saturated carbocycles. The number of benzene rings is 1. The predicted molar refractivity (Wildman–Crippen MR) is 62.5 cm³/mol. The zero-order valence-corrected chi connectivity index (χ0v) is 9.52. The molecule has 0 aliphatic heterocycles. The predicted octanol–water partition coefficient (Wildman–Crippen LogP) is -0.0556. The number of amides is 2. The van der Waals surface area contributed by atoms with Gasteiger partial charge in [0.15, 0.2) is 0 Å². The number of hydrogen-bond donors (Lipinski definition) is 3. The maximum atomic E-state index is 10.8. The van der Waals surface area contributed by atoms with Crippen molar-refractivity contribution in [1.82, 2.24) is 5.43 Å².